The van der Waals surface area contributed by atoms with Crippen molar-refractivity contribution in [2.45, 2.75) is 45.3 Å². The van der Waals surface area contributed by atoms with E-state index in [9.17, 15) is 34.2 Å². The van der Waals surface area contributed by atoms with Gasteiger partial charge in [0.05, 0.1) is 19.4 Å². The molecule has 11 nitrogen and oxygen atoms in total. The van der Waals surface area contributed by atoms with Gasteiger partial charge in [-0.1, -0.05) is 0 Å². The number of hydrogen-bond donors (Lipinski definition) is 3. The molecule has 1 heterocycles. The maximum atomic E-state index is 11.4. The van der Waals surface area contributed by atoms with E-state index in [0.29, 0.717) is 0 Å². The molecule has 0 aromatic heterocycles. The number of carbonyl (C=O) groups is 5. The lowest BCUT2D eigenvalue weighted by Gasteiger charge is -2.44. The topological polar surface area (TPSA) is 174 Å². The minimum absolute atomic E-state index is 0.164. The number of carbonyl (C=O) groups excluding carboxylic acids is 2. The van der Waals surface area contributed by atoms with Crippen LogP contribution in [-0.4, -0.2) is 70.6 Å². The Bertz CT molecular complexity index is 614. The van der Waals surface area contributed by atoms with Gasteiger partial charge in [0, 0.05) is 26.2 Å². The summed E-state index contributed by atoms with van der Waals surface area (Å²) in [5, 5.41) is 27.6. The Morgan fingerprint density at radius 2 is 1.43 bits per heavy atom. The van der Waals surface area contributed by atoms with Crippen molar-refractivity contribution in [2.24, 2.45) is 17.8 Å². The SMILES string of the molecule is CC(=O)OC[C@@H](OC(C)=O)C1OCC(CC(=O)O)C(CC(=O)O)C1CC(=O)O. The van der Waals surface area contributed by atoms with E-state index in [1.54, 1.807) is 0 Å². The van der Waals surface area contributed by atoms with Gasteiger partial charge in [0.25, 0.3) is 0 Å². The van der Waals surface area contributed by atoms with Crippen LogP contribution in [0.4, 0.5) is 0 Å². The zero-order valence-electron chi connectivity index (χ0n) is 15.5. The van der Waals surface area contributed by atoms with Crippen molar-refractivity contribution >= 4 is 29.8 Å². The predicted octanol–water partition coefficient (Wildman–Crippen LogP) is 0.153. The van der Waals surface area contributed by atoms with Gasteiger partial charge >= 0.3 is 29.8 Å². The predicted molar refractivity (Wildman–Crippen MR) is 89.2 cm³/mol. The Morgan fingerprint density at radius 3 is 1.89 bits per heavy atom. The molecular formula is C17H24O11. The summed E-state index contributed by atoms with van der Waals surface area (Å²) < 4.78 is 15.6. The van der Waals surface area contributed by atoms with Gasteiger partial charge in [-0.15, -0.1) is 0 Å². The van der Waals surface area contributed by atoms with Gasteiger partial charge in [0.2, 0.25) is 0 Å². The van der Waals surface area contributed by atoms with Crippen LogP contribution in [0.3, 0.4) is 0 Å². The van der Waals surface area contributed by atoms with Gasteiger partial charge in [-0.05, 0) is 11.8 Å². The van der Waals surface area contributed by atoms with Gasteiger partial charge in [-0.25, -0.2) is 0 Å². The summed E-state index contributed by atoms with van der Waals surface area (Å²) in [5.41, 5.74) is 0. The Kier molecular flexibility index (Phi) is 8.83. The Balaban J connectivity index is 3.22. The summed E-state index contributed by atoms with van der Waals surface area (Å²) >= 11 is 0. The lowest BCUT2D eigenvalue weighted by Crippen LogP contribution is -2.52. The molecule has 1 rings (SSSR count). The third kappa shape index (κ3) is 7.51. The van der Waals surface area contributed by atoms with E-state index >= 15 is 0 Å². The fraction of sp³-hybridized carbons (Fsp3) is 0.706. The van der Waals surface area contributed by atoms with Crippen molar-refractivity contribution in [1.82, 2.24) is 0 Å². The lowest BCUT2D eigenvalue weighted by molar-refractivity contribution is -0.191. The van der Waals surface area contributed by atoms with E-state index < -0.39 is 85.7 Å². The van der Waals surface area contributed by atoms with Crippen molar-refractivity contribution in [2.75, 3.05) is 13.2 Å². The summed E-state index contributed by atoms with van der Waals surface area (Å²) in [4.78, 5) is 56.4. The fourth-order valence-corrected chi connectivity index (χ4v) is 3.49. The smallest absolute Gasteiger partial charge is 0.303 e. The molecule has 0 aromatic carbocycles. The first-order valence-electron chi connectivity index (χ1n) is 8.58. The highest BCUT2D eigenvalue weighted by Crippen LogP contribution is 2.39. The van der Waals surface area contributed by atoms with E-state index in [1.807, 2.05) is 0 Å². The van der Waals surface area contributed by atoms with Crippen LogP contribution >= 0.6 is 0 Å². The molecule has 4 unspecified atom stereocenters. The maximum absolute atomic E-state index is 11.4. The molecule has 0 spiro atoms. The fourth-order valence-electron chi connectivity index (χ4n) is 3.49. The maximum Gasteiger partial charge on any atom is 0.303 e. The molecule has 0 bridgehead atoms. The van der Waals surface area contributed by atoms with Gasteiger partial charge < -0.3 is 29.5 Å². The highest BCUT2D eigenvalue weighted by molar-refractivity contribution is 5.70. The molecule has 0 saturated carbocycles. The van der Waals surface area contributed by atoms with Crippen molar-refractivity contribution in [1.29, 1.82) is 0 Å². The van der Waals surface area contributed by atoms with Crippen molar-refractivity contribution in [3.05, 3.63) is 0 Å². The van der Waals surface area contributed by atoms with Crippen LogP contribution in [0.5, 0.6) is 0 Å². The second kappa shape index (κ2) is 10.6. The van der Waals surface area contributed by atoms with E-state index in [4.69, 9.17) is 19.3 Å². The molecule has 0 amide bonds. The molecule has 28 heavy (non-hydrogen) atoms. The summed E-state index contributed by atoms with van der Waals surface area (Å²) in [5.74, 6) is -7.58. The quantitative estimate of drug-likeness (QED) is 0.423. The molecule has 1 fully saturated rings. The van der Waals surface area contributed by atoms with Crippen molar-refractivity contribution < 1.29 is 53.5 Å². The summed E-state index contributed by atoms with van der Waals surface area (Å²) in [6.07, 6.45) is -3.64. The first kappa shape index (κ1) is 23.3. The van der Waals surface area contributed by atoms with Crippen LogP contribution < -0.4 is 0 Å². The largest absolute Gasteiger partial charge is 0.481 e. The number of hydrogen-bond acceptors (Lipinski definition) is 8. The summed E-state index contributed by atoms with van der Waals surface area (Å²) in [7, 11) is 0. The average Bonchev–Trinajstić information content (AvgIpc) is 2.53. The minimum atomic E-state index is -1.25. The standard InChI is InChI=1S/C17H24O11/c1-8(18)26-7-13(28-9(2)19)17-12(5-16(24)25)11(4-15(22)23)10(6-27-17)3-14(20)21/h10-13,17H,3-7H2,1-2H3,(H,20,21)(H,22,23)(H,24,25)/t10?,11?,12?,13-,17?/m1/s1. The van der Waals surface area contributed by atoms with Crippen molar-refractivity contribution in [3.8, 4) is 0 Å². The highest BCUT2D eigenvalue weighted by atomic mass is 16.6. The number of carboxylic acid groups (broad SMARTS) is 3. The van der Waals surface area contributed by atoms with Crippen LogP contribution in [-0.2, 0) is 38.2 Å². The Hall–Kier alpha value is -2.69. The average molecular weight is 404 g/mol. The van der Waals surface area contributed by atoms with E-state index in [0.717, 1.165) is 13.8 Å². The molecule has 0 aromatic rings. The van der Waals surface area contributed by atoms with Crippen LogP contribution in [0.1, 0.15) is 33.1 Å². The number of ether oxygens (including phenoxy) is 3. The molecule has 11 heteroatoms. The number of carboxylic acids is 3. The van der Waals surface area contributed by atoms with Crippen LogP contribution in [0.25, 0.3) is 0 Å². The van der Waals surface area contributed by atoms with Crippen LogP contribution in [0, 0.1) is 17.8 Å². The van der Waals surface area contributed by atoms with Gasteiger partial charge in [0.15, 0.2) is 6.10 Å². The minimum Gasteiger partial charge on any atom is -0.481 e. The normalized spacial score (nSPS) is 25.4. The second-order valence-electron chi connectivity index (χ2n) is 6.63. The molecule has 0 radical (unpaired) electrons. The first-order chi connectivity index (χ1) is 13.0. The summed E-state index contributed by atoms with van der Waals surface area (Å²) in [6, 6.07) is 0. The Morgan fingerprint density at radius 1 is 0.893 bits per heavy atom. The molecule has 0 aliphatic carbocycles. The van der Waals surface area contributed by atoms with E-state index in [1.165, 1.54) is 0 Å². The molecule has 1 aliphatic rings. The van der Waals surface area contributed by atoms with Crippen molar-refractivity contribution in [3.63, 3.8) is 0 Å². The molecule has 158 valence electrons. The highest BCUT2D eigenvalue weighted by Gasteiger charge is 2.47. The zero-order valence-corrected chi connectivity index (χ0v) is 15.5. The van der Waals surface area contributed by atoms with Gasteiger partial charge in [-0.2, -0.15) is 0 Å². The van der Waals surface area contributed by atoms with Crippen LogP contribution in [0.2, 0.25) is 0 Å². The number of rotatable bonds is 10. The number of aliphatic carboxylic acids is 3. The van der Waals surface area contributed by atoms with Gasteiger partial charge in [0.1, 0.15) is 12.7 Å². The molecule has 5 atom stereocenters. The van der Waals surface area contributed by atoms with E-state index in [-0.39, 0.29) is 6.61 Å². The number of esters is 2. The molecule has 1 aliphatic heterocycles. The third-order valence-electron chi connectivity index (χ3n) is 4.47. The van der Waals surface area contributed by atoms with E-state index in [2.05, 4.69) is 0 Å². The van der Waals surface area contributed by atoms with Gasteiger partial charge in [-0.3, -0.25) is 24.0 Å². The first-order valence-corrected chi connectivity index (χ1v) is 8.58. The summed E-state index contributed by atoms with van der Waals surface area (Å²) in [6.45, 7) is 1.68. The molecule has 3 N–H and O–H groups in total. The third-order valence-corrected chi connectivity index (χ3v) is 4.47. The lowest BCUT2D eigenvalue weighted by atomic mass is 9.71. The monoisotopic (exact) mass is 404 g/mol. The molecular weight excluding hydrogens is 380 g/mol. The second-order valence-corrected chi connectivity index (χ2v) is 6.63. The zero-order chi connectivity index (χ0) is 21.4. The van der Waals surface area contributed by atoms with Crippen LogP contribution in [0.15, 0.2) is 0 Å². The molecule has 1 saturated heterocycles. The Labute approximate surface area is 160 Å².